The standard InChI is InChI=1S/C8H13O/c1-3-5-6-8-9-7-4-2/h1,7H,4-6,8H2,2H3. The highest BCUT2D eigenvalue weighted by atomic mass is 16.5. The molecule has 0 saturated carbocycles. The third-order valence-electron chi connectivity index (χ3n) is 0.868. The minimum Gasteiger partial charge on any atom is -0.375 e. The number of hydrogen-bond acceptors (Lipinski definition) is 1. The van der Waals surface area contributed by atoms with E-state index in [0.717, 1.165) is 25.9 Å². The van der Waals surface area contributed by atoms with Gasteiger partial charge in [0.25, 0.3) is 0 Å². The van der Waals surface area contributed by atoms with Crippen LogP contribution < -0.4 is 0 Å². The van der Waals surface area contributed by atoms with E-state index in [1.807, 2.05) is 6.92 Å². The summed E-state index contributed by atoms with van der Waals surface area (Å²) in [6.45, 7) is 4.61. The fourth-order valence-electron chi connectivity index (χ4n) is 0.459. The highest BCUT2D eigenvalue weighted by Crippen LogP contribution is 1.91. The van der Waals surface area contributed by atoms with Gasteiger partial charge in [0.05, 0.1) is 6.61 Å². The van der Waals surface area contributed by atoms with Crippen molar-refractivity contribution in [2.45, 2.75) is 26.2 Å². The van der Waals surface area contributed by atoms with E-state index in [0.29, 0.717) is 0 Å². The fraction of sp³-hybridized carbons (Fsp3) is 0.625. The van der Waals surface area contributed by atoms with E-state index in [1.165, 1.54) is 0 Å². The lowest BCUT2D eigenvalue weighted by molar-refractivity contribution is 0.192. The molecule has 0 rings (SSSR count). The zero-order valence-electron chi connectivity index (χ0n) is 5.89. The topological polar surface area (TPSA) is 9.23 Å². The zero-order chi connectivity index (χ0) is 6.95. The summed E-state index contributed by atoms with van der Waals surface area (Å²) >= 11 is 0. The number of rotatable bonds is 5. The Morgan fingerprint density at radius 2 is 2.44 bits per heavy atom. The van der Waals surface area contributed by atoms with Gasteiger partial charge in [0.2, 0.25) is 0 Å². The SMILES string of the molecule is C#CCCCO[CH]CC. The van der Waals surface area contributed by atoms with Gasteiger partial charge in [-0.1, -0.05) is 6.92 Å². The Morgan fingerprint density at radius 3 is 3.00 bits per heavy atom. The molecule has 0 heterocycles. The first-order chi connectivity index (χ1) is 4.41. The Hall–Kier alpha value is -0.480. The summed E-state index contributed by atoms with van der Waals surface area (Å²) in [7, 11) is 0. The number of hydrogen-bond donors (Lipinski definition) is 0. The second-order valence-electron chi connectivity index (χ2n) is 1.75. The molecule has 0 aromatic rings. The molecule has 0 atom stereocenters. The van der Waals surface area contributed by atoms with Gasteiger partial charge in [-0.25, -0.2) is 0 Å². The fourth-order valence-corrected chi connectivity index (χ4v) is 0.459. The van der Waals surface area contributed by atoms with Gasteiger partial charge in [-0.05, 0) is 12.8 Å². The van der Waals surface area contributed by atoms with Crippen molar-refractivity contribution in [3.63, 3.8) is 0 Å². The van der Waals surface area contributed by atoms with Crippen molar-refractivity contribution in [2.75, 3.05) is 6.61 Å². The molecular weight excluding hydrogens is 112 g/mol. The van der Waals surface area contributed by atoms with Crippen LogP contribution in [0.25, 0.3) is 0 Å². The van der Waals surface area contributed by atoms with Gasteiger partial charge in [0.15, 0.2) is 0 Å². The zero-order valence-corrected chi connectivity index (χ0v) is 5.89. The maximum Gasteiger partial charge on any atom is 0.0833 e. The van der Waals surface area contributed by atoms with E-state index in [4.69, 9.17) is 11.2 Å². The van der Waals surface area contributed by atoms with Crippen LogP contribution in [0.2, 0.25) is 0 Å². The molecule has 51 valence electrons. The normalized spacial score (nSPS) is 8.89. The highest BCUT2D eigenvalue weighted by Gasteiger charge is 1.84. The molecule has 9 heavy (non-hydrogen) atoms. The highest BCUT2D eigenvalue weighted by molar-refractivity contribution is 4.82. The van der Waals surface area contributed by atoms with E-state index in [1.54, 1.807) is 6.61 Å². The van der Waals surface area contributed by atoms with E-state index in [2.05, 4.69) is 5.92 Å². The molecule has 0 aliphatic heterocycles. The van der Waals surface area contributed by atoms with Gasteiger partial charge >= 0.3 is 0 Å². The lowest BCUT2D eigenvalue weighted by Gasteiger charge is -1.96. The van der Waals surface area contributed by atoms with Crippen molar-refractivity contribution in [3.8, 4) is 12.3 Å². The largest absolute Gasteiger partial charge is 0.375 e. The summed E-state index contributed by atoms with van der Waals surface area (Å²) in [6, 6.07) is 0. The molecule has 0 aliphatic carbocycles. The maximum absolute atomic E-state index is 5.06. The quantitative estimate of drug-likeness (QED) is 0.403. The van der Waals surface area contributed by atoms with Crippen molar-refractivity contribution >= 4 is 0 Å². The first-order valence-electron chi connectivity index (χ1n) is 3.28. The predicted octanol–water partition coefficient (Wildman–Crippen LogP) is 1.99. The summed E-state index contributed by atoms with van der Waals surface area (Å²) in [6.07, 6.45) is 7.78. The number of unbranched alkanes of at least 4 members (excludes halogenated alkanes) is 1. The average Bonchev–Trinajstić information content (AvgIpc) is 1.89. The summed E-state index contributed by atoms with van der Waals surface area (Å²) in [5.74, 6) is 2.55. The minimum absolute atomic E-state index is 0.762. The molecule has 0 unspecified atom stereocenters. The summed E-state index contributed by atoms with van der Waals surface area (Å²) < 4.78 is 5.06. The Bertz CT molecular complexity index is 81.1. The molecule has 0 aromatic heterocycles. The van der Waals surface area contributed by atoms with Crippen LogP contribution in [-0.2, 0) is 4.74 Å². The summed E-state index contributed by atoms with van der Waals surface area (Å²) in [5, 5.41) is 0. The lowest BCUT2D eigenvalue weighted by atomic mass is 10.3. The van der Waals surface area contributed by atoms with Crippen LogP contribution in [0.4, 0.5) is 0 Å². The van der Waals surface area contributed by atoms with Gasteiger partial charge in [-0.3, -0.25) is 0 Å². The second kappa shape index (κ2) is 7.52. The minimum atomic E-state index is 0.762. The van der Waals surface area contributed by atoms with Gasteiger partial charge in [-0.15, -0.1) is 12.3 Å². The molecule has 0 spiro atoms. The van der Waals surface area contributed by atoms with E-state index in [9.17, 15) is 0 Å². The van der Waals surface area contributed by atoms with Crippen molar-refractivity contribution in [1.82, 2.24) is 0 Å². The smallest absolute Gasteiger partial charge is 0.0833 e. The number of terminal acetylenes is 1. The molecule has 0 aromatic carbocycles. The van der Waals surface area contributed by atoms with E-state index < -0.39 is 0 Å². The first-order valence-corrected chi connectivity index (χ1v) is 3.28. The summed E-state index contributed by atoms with van der Waals surface area (Å²) in [5.41, 5.74) is 0. The third-order valence-corrected chi connectivity index (χ3v) is 0.868. The Balaban J connectivity index is 2.69. The van der Waals surface area contributed by atoms with Crippen molar-refractivity contribution in [1.29, 1.82) is 0 Å². The predicted molar refractivity (Wildman–Crippen MR) is 38.6 cm³/mol. The molecule has 1 heteroatoms. The Kier molecular flexibility index (Phi) is 7.12. The third kappa shape index (κ3) is 7.52. The van der Waals surface area contributed by atoms with Crippen molar-refractivity contribution in [3.05, 3.63) is 6.61 Å². The van der Waals surface area contributed by atoms with E-state index in [-0.39, 0.29) is 0 Å². The Morgan fingerprint density at radius 1 is 1.67 bits per heavy atom. The van der Waals surface area contributed by atoms with Crippen LogP contribution in [0, 0.1) is 19.0 Å². The molecule has 0 aliphatic rings. The second-order valence-corrected chi connectivity index (χ2v) is 1.75. The van der Waals surface area contributed by atoms with Crippen LogP contribution in [0.15, 0.2) is 0 Å². The Labute approximate surface area is 57.4 Å². The number of ether oxygens (including phenoxy) is 1. The monoisotopic (exact) mass is 125 g/mol. The molecule has 0 bridgehead atoms. The van der Waals surface area contributed by atoms with Crippen LogP contribution in [0.1, 0.15) is 26.2 Å². The van der Waals surface area contributed by atoms with Gasteiger partial charge in [0, 0.05) is 13.0 Å². The maximum atomic E-state index is 5.06. The lowest BCUT2D eigenvalue weighted by Crippen LogP contribution is -1.89. The molecule has 0 saturated heterocycles. The van der Waals surface area contributed by atoms with E-state index >= 15 is 0 Å². The molecule has 0 N–H and O–H groups in total. The van der Waals surface area contributed by atoms with Crippen LogP contribution >= 0.6 is 0 Å². The van der Waals surface area contributed by atoms with Gasteiger partial charge in [-0.2, -0.15) is 0 Å². The van der Waals surface area contributed by atoms with Gasteiger partial charge in [0.1, 0.15) is 0 Å². The molecule has 0 fully saturated rings. The molecular formula is C8H13O. The molecule has 0 amide bonds. The summed E-state index contributed by atoms with van der Waals surface area (Å²) in [4.78, 5) is 0. The van der Waals surface area contributed by atoms with Crippen molar-refractivity contribution in [2.24, 2.45) is 0 Å². The first kappa shape index (κ1) is 8.52. The molecule has 1 nitrogen and oxygen atoms in total. The van der Waals surface area contributed by atoms with Crippen molar-refractivity contribution < 1.29 is 4.74 Å². The van der Waals surface area contributed by atoms with Crippen LogP contribution in [0.3, 0.4) is 0 Å². The van der Waals surface area contributed by atoms with Crippen LogP contribution in [0.5, 0.6) is 0 Å². The molecule has 1 radical (unpaired) electrons. The van der Waals surface area contributed by atoms with Crippen LogP contribution in [-0.4, -0.2) is 6.61 Å². The van der Waals surface area contributed by atoms with Gasteiger partial charge < -0.3 is 4.74 Å². The average molecular weight is 125 g/mol.